The Morgan fingerprint density at radius 2 is 1.96 bits per heavy atom. The molecule has 2 atom stereocenters. The van der Waals surface area contributed by atoms with E-state index >= 15 is 0 Å². The van der Waals surface area contributed by atoms with Gasteiger partial charge in [0.2, 0.25) is 9.84 Å². The first-order valence-electron chi connectivity index (χ1n) is 7.34. The van der Waals surface area contributed by atoms with Crippen molar-refractivity contribution in [1.82, 2.24) is 4.90 Å². The third-order valence-corrected chi connectivity index (χ3v) is 5.37. The van der Waals surface area contributed by atoms with Gasteiger partial charge in [-0.25, -0.2) is 8.42 Å². The van der Waals surface area contributed by atoms with E-state index in [2.05, 4.69) is 0 Å². The largest absolute Gasteiger partial charge is 0.337 e. The topological polar surface area (TPSA) is 80.5 Å². The molecule has 5 nitrogen and oxygen atoms in total. The molecule has 1 fully saturated rings. The van der Waals surface area contributed by atoms with E-state index in [1.165, 1.54) is 24.3 Å². The van der Waals surface area contributed by atoms with E-state index < -0.39 is 21.3 Å². The molecule has 0 saturated carbocycles. The highest BCUT2D eigenvalue weighted by atomic mass is 32.2. The summed E-state index contributed by atoms with van der Waals surface area (Å²) in [6.07, 6.45) is 0.854. The lowest BCUT2D eigenvalue weighted by atomic mass is 10.1. The molecule has 1 aromatic carbocycles. The lowest BCUT2D eigenvalue weighted by molar-refractivity contribution is 0.0743. The second-order valence-electron chi connectivity index (χ2n) is 5.91. The molecule has 1 aliphatic rings. The molecular weight excluding hydrogens is 326 g/mol. The molecule has 0 bridgehead atoms. The van der Waals surface area contributed by atoms with Crippen molar-refractivity contribution in [1.29, 1.82) is 0 Å². The number of hydrogen-bond donors (Lipinski definition) is 1. The number of nitrogens with zero attached hydrogens (tertiary/aromatic N) is 1. The number of carbonyl (C=O) groups is 1. The van der Waals surface area contributed by atoms with E-state index in [4.69, 9.17) is 5.73 Å². The summed E-state index contributed by atoms with van der Waals surface area (Å²) < 4.78 is 47.1. The molecule has 2 N–H and O–H groups in total. The van der Waals surface area contributed by atoms with Crippen LogP contribution in [-0.4, -0.2) is 44.1 Å². The Hall–Kier alpha value is -1.54. The number of sulfone groups is 1. The summed E-state index contributed by atoms with van der Waals surface area (Å²) in [5, 5.41) is 0. The Balaban J connectivity index is 2.09. The number of amides is 1. The number of likely N-dealkylation sites (tertiary alicyclic amines) is 1. The number of alkyl halides is 2. The van der Waals surface area contributed by atoms with Gasteiger partial charge in [-0.2, -0.15) is 8.78 Å². The van der Waals surface area contributed by atoms with Crippen molar-refractivity contribution in [2.45, 2.75) is 30.9 Å². The maximum Gasteiger partial charge on any atom is 0.337 e. The lowest BCUT2D eigenvalue weighted by Gasteiger charge is -2.21. The van der Waals surface area contributed by atoms with Crippen molar-refractivity contribution in [2.24, 2.45) is 11.7 Å². The Kier molecular flexibility index (Phi) is 5.36. The van der Waals surface area contributed by atoms with E-state index in [1.807, 2.05) is 6.92 Å². The Morgan fingerprint density at radius 1 is 1.35 bits per heavy atom. The Bertz CT molecular complexity index is 662. The van der Waals surface area contributed by atoms with Crippen LogP contribution in [0.2, 0.25) is 0 Å². The first kappa shape index (κ1) is 17.8. The number of rotatable bonds is 5. The summed E-state index contributed by atoms with van der Waals surface area (Å²) >= 11 is 0. The van der Waals surface area contributed by atoms with Gasteiger partial charge in [0.1, 0.15) is 0 Å². The van der Waals surface area contributed by atoms with Crippen LogP contribution < -0.4 is 5.73 Å². The summed E-state index contributed by atoms with van der Waals surface area (Å²) in [5.41, 5.74) is 6.29. The summed E-state index contributed by atoms with van der Waals surface area (Å²) in [6, 6.07) is 5.83. The highest BCUT2D eigenvalue weighted by molar-refractivity contribution is 7.90. The molecule has 1 amide bonds. The minimum Gasteiger partial charge on any atom is -0.336 e. The number of hydrogen-bond acceptors (Lipinski definition) is 4. The molecule has 8 heteroatoms. The molecule has 0 aromatic heterocycles. The molecule has 23 heavy (non-hydrogen) atoms. The monoisotopic (exact) mass is 346 g/mol. The molecule has 2 unspecified atom stereocenters. The minimum atomic E-state index is -4.46. The van der Waals surface area contributed by atoms with Crippen molar-refractivity contribution >= 4 is 15.7 Å². The average molecular weight is 346 g/mol. The standard InChI is InChI=1S/C15H20F2N2O3S/c1-10-6-12(7-18)8-19(10)14(20)13-4-2-11(3-5-13)9-23(21,22)15(16)17/h2-5,10,12,15H,6-9,18H2,1H3. The van der Waals surface area contributed by atoms with Gasteiger partial charge in [0, 0.05) is 18.2 Å². The van der Waals surface area contributed by atoms with E-state index in [9.17, 15) is 22.0 Å². The highest BCUT2D eigenvalue weighted by Crippen LogP contribution is 2.24. The molecule has 1 aromatic rings. The van der Waals surface area contributed by atoms with Gasteiger partial charge in [-0.1, -0.05) is 12.1 Å². The fraction of sp³-hybridized carbons (Fsp3) is 0.533. The maximum absolute atomic E-state index is 12.5. The lowest BCUT2D eigenvalue weighted by Crippen LogP contribution is -2.34. The van der Waals surface area contributed by atoms with Gasteiger partial charge in [0.15, 0.2) is 0 Å². The predicted molar refractivity (Wildman–Crippen MR) is 82.7 cm³/mol. The van der Waals surface area contributed by atoms with Crippen molar-refractivity contribution in [3.8, 4) is 0 Å². The molecule has 0 aliphatic carbocycles. The Labute approximate surface area is 134 Å². The van der Waals surface area contributed by atoms with Gasteiger partial charge in [-0.15, -0.1) is 0 Å². The zero-order valence-electron chi connectivity index (χ0n) is 12.8. The van der Waals surface area contributed by atoms with Crippen LogP contribution in [0.15, 0.2) is 24.3 Å². The first-order valence-corrected chi connectivity index (χ1v) is 9.06. The van der Waals surface area contributed by atoms with Crippen LogP contribution >= 0.6 is 0 Å². The van der Waals surface area contributed by atoms with Gasteiger partial charge in [0.25, 0.3) is 5.91 Å². The van der Waals surface area contributed by atoms with Gasteiger partial charge in [-0.3, -0.25) is 4.79 Å². The zero-order valence-corrected chi connectivity index (χ0v) is 13.6. The zero-order chi connectivity index (χ0) is 17.2. The first-order chi connectivity index (χ1) is 10.7. The second kappa shape index (κ2) is 6.92. The average Bonchev–Trinajstić information content (AvgIpc) is 2.88. The molecule has 128 valence electrons. The fourth-order valence-electron chi connectivity index (χ4n) is 2.80. The van der Waals surface area contributed by atoms with Crippen LogP contribution in [0.5, 0.6) is 0 Å². The number of carbonyl (C=O) groups excluding carboxylic acids is 1. The number of halogens is 2. The van der Waals surface area contributed by atoms with E-state index in [0.29, 0.717) is 18.7 Å². The third kappa shape index (κ3) is 4.06. The van der Waals surface area contributed by atoms with Crippen LogP contribution in [0.25, 0.3) is 0 Å². The van der Waals surface area contributed by atoms with Crippen LogP contribution in [-0.2, 0) is 15.6 Å². The number of nitrogens with two attached hydrogens (primary N) is 1. The molecule has 1 aliphatic heterocycles. The van der Waals surface area contributed by atoms with Crippen molar-refractivity contribution in [3.63, 3.8) is 0 Å². The van der Waals surface area contributed by atoms with Gasteiger partial charge >= 0.3 is 5.76 Å². The quantitative estimate of drug-likeness (QED) is 0.879. The molecule has 1 saturated heterocycles. The second-order valence-corrected chi connectivity index (χ2v) is 7.88. The fourth-order valence-corrected chi connectivity index (χ4v) is 3.58. The van der Waals surface area contributed by atoms with Crippen LogP contribution in [0.4, 0.5) is 8.78 Å². The number of benzene rings is 1. The van der Waals surface area contributed by atoms with Crippen LogP contribution in [0, 0.1) is 5.92 Å². The molecule has 0 spiro atoms. The van der Waals surface area contributed by atoms with E-state index in [-0.39, 0.29) is 23.4 Å². The summed E-state index contributed by atoms with van der Waals surface area (Å²) in [5.74, 6) is -4.02. The normalized spacial score (nSPS) is 21.9. The molecule has 2 rings (SSSR count). The predicted octanol–water partition coefficient (Wildman–Crippen LogP) is 1.63. The summed E-state index contributed by atoms with van der Waals surface area (Å²) in [6.45, 7) is 3.08. The van der Waals surface area contributed by atoms with Crippen molar-refractivity contribution < 1.29 is 22.0 Å². The smallest absolute Gasteiger partial charge is 0.336 e. The van der Waals surface area contributed by atoms with Crippen molar-refractivity contribution in [2.75, 3.05) is 13.1 Å². The van der Waals surface area contributed by atoms with Crippen molar-refractivity contribution in [3.05, 3.63) is 35.4 Å². The summed E-state index contributed by atoms with van der Waals surface area (Å²) in [4.78, 5) is 14.2. The maximum atomic E-state index is 12.5. The molecule has 0 radical (unpaired) electrons. The SMILES string of the molecule is CC1CC(CN)CN1C(=O)c1ccc(CS(=O)(=O)C(F)F)cc1. The van der Waals surface area contributed by atoms with Gasteiger partial charge in [-0.05, 0) is 43.5 Å². The van der Waals surface area contributed by atoms with E-state index in [0.717, 1.165) is 6.42 Å². The molecular formula is C15H20F2N2O3S. The summed E-state index contributed by atoms with van der Waals surface area (Å²) in [7, 11) is -4.46. The van der Waals surface area contributed by atoms with Gasteiger partial charge < -0.3 is 10.6 Å². The third-order valence-electron chi connectivity index (χ3n) is 4.10. The van der Waals surface area contributed by atoms with Gasteiger partial charge in [0.05, 0.1) is 5.75 Å². The molecule has 1 heterocycles. The van der Waals surface area contributed by atoms with E-state index in [1.54, 1.807) is 4.90 Å². The highest BCUT2D eigenvalue weighted by Gasteiger charge is 2.32. The van der Waals surface area contributed by atoms with Crippen LogP contribution in [0.1, 0.15) is 29.3 Å². The minimum absolute atomic E-state index is 0.0925. The Morgan fingerprint density at radius 3 is 2.43 bits per heavy atom. The van der Waals surface area contributed by atoms with Crippen LogP contribution in [0.3, 0.4) is 0 Å².